The van der Waals surface area contributed by atoms with Crippen LogP contribution in [0.3, 0.4) is 0 Å². The molecule has 9 heteroatoms. The summed E-state index contributed by atoms with van der Waals surface area (Å²) in [5.41, 5.74) is 0.652. The number of aromatic nitrogens is 3. The number of phenolic OH excluding ortho intramolecular Hbond substituents is 1. The van der Waals surface area contributed by atoms with Gasteiger partial charge < -0.3 is 10.4 Å². The van der Waals surface area contributed by atoms with Crippen molar-refractivity contribution in [3.8, 4) is 5.75 Å². The topological polar surface area (TPSA) is 80.0 Å². The zero-order chi connectivity index (χ0) is 20.5. The lowest BCUT2D eigenvalue weighted by Crippen LogP contribution is -2.31. The van der Waals surface area contributed by atoms with Crippen LogP contribution in [0.4, 0.5) is 8.78 Å². The average molecular weight is 421 g/mol. The van der Waals surface area contributed by atoms with E-state index in [2.05, 4.69) is 15.4 Å². The summed E-state index contributed by atoms with van der Waals surface area (Å²) in [6.07, 6.45) is 7.26. The van der Waals surface area contributed by atoms with Crippen molar-refractivity contribution >= 4 is 28.4 Å². The van der Waals surface area contributed by atoms with Crippen molar-refractivity contribution in [3.05, 3.63) is 52.9 Å². The minimum Gasteiger partial charge on any atom is -0.503 e. The van der Waals surface area contributed by atoms with Crippen molar-refractivity contribution in [3.63, 3.8) is 0 Å². The largest absolute Gasteiger partial charge is 0.503 e. The standard InChI is InChI=1S/C20H19ClF2N4O2/c21-18-7-13-10-27(26-17(13)9-24-18)14-3-1-11(2-4-14)8-25-20(29)12-5-15(22)19(28)16(23)6-12/h5-7,9-11,14,28H,1-4,8H2,(H,25,29)/t11-,14-. The first-order chi connectivity index (χ1) is 13.9. The number of phenols is 1. The highest BCUT2D eigenvalue weighted by molar-refractivity contribution is 6.30. The summed E-state index contributed by atoms with van der Waals surface area (Å²) in [5, 5.41) is 17.8. The fraction of sp³-hybridized carbons (Fsp3) is 0.350. The zero-order valence-corrected chi connectivity index (χ0v) is 16.2. The smallest absolute Gasteiger partial charge is 0.251 e. The predicted octanol–water partition coefficient (Wildman–Crippen LogP) is 4.23. The number of carbonyl (C=O) groups is 1. The Hall–Kier alpha value is -2.74. The van der Waals surface area contributed by atoms with Crippen molar-refractivity contribution in [2.75, 3.05) is 6.54 Å². The van der Waals surface area contributed by atoms with E-state index in [1.165, 1.54) is 0 Å². The number of aromatic hydroxyl groups is 1. The molecule has 1 amide bonds. The maximum atomic E-state index is 13.4. The molecule has 0 radical (unpaired) electrons. The summed E-state index contributed by atoms with van der Waals surface area (Å²) in [6, 6.07) is 3.71. The van der Waals surface area contributed by atoms with Gasteiger partial charge in [-0.1, -0.05) is 11.6 Å². The number of benzene rings is 1. The Bertz CT molecular complexity index is 1040. The molecule has 152 valence electrons. The molecule has 29 heavy (non-hydrogen) atoms. The third-order valence-corrected chi connectivity index (χ3v) is 5.60. The molecule has 0 atom stereocenters. The van der Waals surface area contributed by atoms with Crippen LogP contribution in [0, 0.1) is 17.6 Å². The highest BCUT2D eigenvalue weighted by atomic mass is 35.5. The highest BCUT2D eigenvalue weighted by Crippen LogP contribution is 2.32. The first-order valence-electron chi connectivity index (χ1n) is 9.37. The number of nitrogens with zero attached hydrogens (tertiary/aromatic N) is 3. The lowest BCUT2D eigenvalue weighted by atomic mass is 9.86. The number of fused-ring (bicyclic) bond motifs is 1. The fourth-order valence-corrected chi connectivity index (χ4v) is 3.92. The van der Waals surface area contributed by atoms with Crippen LogP contribution in [0.2, 0.25) is 5.15 Å². The van der Waals surface area contributed by atoms with Crippen LogP contribution in [0.5, 0.6) is 5.75 Å². The van der Waals surface area contributed by atoms with Gasteiger partial charge in [0.2, 0.25) is 0 Å². The Morgan fingerprint density at radius 1 is 1.21 bits per heavy atom. The molecular weight excluding hydrogens is 402 g/mol. The summed E-state index contributed by atoms with van der Waals surface area (Å²) >= 11 is 5.93. The van der Waals surface area contributed by atoms with E-state index in [1.807, 2.05) is 10.9 Å². The number of amides is 1. The van der Waals surface area contributed by atoms with E-state index in [0.717, 1.165) is 48.7 Å². The van der Waals surface area contributed by atoms with Crippen molar-refractivity contribution in [1.29, 1.82) is 0 Å². The van der Waals surface area contributed by atoms with E-state index in [-0.39, 0.29) is 17.5 Å². The molecule has 2 heterocycles. The number of carbonyl (C=O) groups excluding carboxylic acids is 1. The van der Waals surface area contributed by atoms with Gasteiger partial charge in [0.15, 0.2) is 17.4 Å². The van der Waals surface area contributed by atoms with Crippen LogP contribution in [-0.4, -0.2) is 32.3 Å². The number of hydrogen-bond acceptors (Lipinski definition) is 4. The lowest BCUT2D eigenvalue weighted by Gasteiger charge is -2.28. The quantitative estimate of drug-likeness (QED) is 0.619. The molecule has 2 N–H and O–H groups in total. The van der Waals surface area contributed by atoms with E-state index >= 15 is 0 Å². The van der Waals surface area contributed by atoms with Gasteiger partial charge in [0.1, 0.15) is 10.7 Å². The molecular formula is C20H19ClF2N4O2. The van der Waals surface area contributed by atoms with E-state index in [0.29, 0.717) is 11.7 Å². The van der Waals surface area contributed by atoms with Gasteiger partial charge in [-0.2, -0.15) is 5.10 Å². The van der Waals surface area contributed by atoms with E-state index in [1.54, 1.807) is 12.3 Å². The normalized spacial score (nSPS) is 19.4. The molecule has 2 aromatic heterocycles. The fourth-order valence-electron chi connectivity index (χ4n) is 3.76. The van der Waals surface area contributed by atoms with Gasteiger partial charge >= 0.3 is 0 Å². The molecule has 1 aliphatic rings. The summed E-state index contributed by atoms with van der Waals surface area (Å²) in [5.74, 6) is -3.67. The van der Waals surface area contributed by atoms with Gasteiger partial charge in [-0.3, -0.25) is 9.48 Å². The van der Waals surface area contributed by atoms with Crippen LogP contribution in [0.1, 0.15) is 42.1 Å². The summed E-state index contributed by atoms with van der Waals surface area (Å²) in [7, 11) is 0. The molecule has 0 saturated heterocycles. The van der Waals surface area contributed by atoms with Crippen molar-refractivity contribution < 1.29 is 18.7 Å². The molecule has 1 aliphatic carbocycles. The van der Waals surface area contributed by atoms with Gasteiger partial charge in [-0.25, -0.2) is 13.8 Å². The predicted molar refractivity (Wildman–Crippen MR) is 104 cm³/mol. The molecule has 0 spiro atoms. The molecule has 6 nitrogen and oxygen atoms in total. The summed E-state index contributed by atoms with van der Waals surface area (Å²) < 4.78 is 28.8. The average Bonchev–Trinajstić information content (AvgIpc) is 3.13. The number of halogens is 3. The van der Waals surface area contributed by atoms with E-state index < -0.39 is 23.3 Å². The third-order valence-electron chi connectivity index (χ3n) is 5.40. The zero-order valence-electron chi connectivity index (χ0n) is 15.4. The molecule has 1 saturated carbocycles. The van der Waals surface area contributed by atoms with Crippen LogP contribution < -0.4 is 5.32 Å². The first kappa shape index (κ1) is 19.6. The van der Waals surface area contributed by atoms with E-state index in [9.17, 15) is 13.6 Å². The minimum atomic E-state index is -1.15. The maximum Gasteiger partial charge on any atom is 0.251 e. The van der Waals surface area contributed by atoms with Gasteiger partial charge in [0.05, 0.1) is 12.2 Å². The molecule has 3 aromatic rings. The van der Waals surface area contributed by atoms with Crippen LogP contribution in [-0.2, 0) is 0 Å². The molecule has 0 bridgehead atoms. The molecule has 1 aromatic carbocycles. The second-order valence-electron chi connectivity index (χ2n) is 7.35. The van der Waals surface area contributed by atoms with Gasteiger partial charge in [0, 0.05) is 23.7 Å². The second kappa shape index (κ2) is 7.94. The van der Waals surface area contributed by atoms with Crippen LogP contribution in [0.25, 0.3) is 10.9 Å². The van der Waals surface area contributed by atoms with Gasteiger partial charge in [-0.15, -0.1) is 0 Å². The molecule has 1 fully saturated rings. The Kier molecular flexibility index (Phi) is 5.36. The summed E-state index contributed by atoms with van der Waals surface area (Å²) in [4.78, 5) is 16.2. The lowest BCUT2D eigenvalue weighted by molar-refractivity contribution is 0.0940. The van der Waals surface area contributed by atoms with E-state index in [4.69, 9.17) is 16.7 Å². The monoisotopic (exact) mass is 420 g/mol. The van der Waals surface area contributed by atoms with Crippen molar-refractivity contribution in [2.45, 2.75) is 31.7 Å². The number of pyridine rings is 1. The Morgan fingerprint density at radius 2 is 1.90 bits per heavy atom. The van der Waals surface area contributed by atoms with Gasteiger partial charge in [0.25, 0.3) is 5.91 Å². The Morgan fingerprint density at radius 3 is 2.59 bits per heavy atom. The first-order valence-corrected chi connectivity index (χ1v) is 9.75. The van der Waals surface area contributed by atoms with Crippen LogP contribution >= 0.6 is 11.6 Å². The molecule has 4 rings (SSSR count). The third kappa shape index (κ3) is 4.17. The SMILES string of the molecule is O=C(NC[C@H]1CC[C@H](n2cc3cc(Cl)ncc3n2)CC1)c1cc(F)c(O)c(F)c1. The highest BCUT2D eigenvalue weighted by Gasteiger charge is 2.24. The van der Waals surface area contributed by atoms with Crippen molar-refractivity contribution in [2.24, 2.45) is 5.92 Å². The Balaban J connectivity index is 1.32. The summed E-state index contributed by atoms with van der Waals surface area (Å²) in [6.45, 7) is 0.427. The number of hydrogen-bond donors (Lipinski definition) is 2. The number of nitrogens with one attached hydrogen (secondary N) is 1. The maximum absolute atomic E-state index is 13.4. The van der Waals surface area contributed by atoms with Crippen molar-refractivity contribution in [1.82, 2.24) is 20.1 Å². The number of rotatable bonds is 4. The Labute approximate surface area is 170 Å². The molecule has 0 aliphatic heterocycles. The second-order valence-corrected chi connectivity index (χ2v) is 7.74. The molecule has 0 unspecified atom stereocenters. The minimum absolute atomic E-state index is 0.151. The van der Waals surface area contributed by atoms with Gasteiger partial charge in [-0.05, 0) is 49.8 Å². The van der Waals surface area contributed by atoms with Crippen LogP contribution in [0.15, 0.2) is 30.6 Å².